The summed E-state index contributed by atoms with van der Waals surface area (Å²) in [4.78, 5) is 12.2. The summed E-state index contributed by atoms with van der Waals surface area (Å²) in [5.41, 5.74) is 2.06. The maximum atomic E-state index is 12.9. The summed E-state index contributed by atoms with van der Waals surface area (Å²) in [6.45, 7) is 0. The monoisotopic (exact) mass is 339 g/mol. The number of hydrogen-bond acceptors (Lipinski definition) is 4. The summed E-state index contributed by atoms with van der Waals surface area (Å²) in [7, 11) is 0. The van der Waals surface area contributed by atoms with Crippen molar-refractivity contribution < 1.29 is 8.81 Å². The summed E-state index contributed by atoms with van der Waals surface area (Å²) in [5.74, 6) is -0.287. The molecule has 0 bridgehead atoms. The van der Waals surface area contributed by atoms with Crippen LogP contribution in [-0.4, -0.2) is 5.11 Å². The predicted molar refractivity (Wildman–Crippen MR) is 96.2 cm³/mol. The van der Waals surface area contributed by atoms with Crippen LogP contribution in [0.3, 0.4) is 0 Å². The molecule has 2 heterocycles. The van der Waals surface area contributed by atoms with Gasteiger partial charge in [0.25, 0.3) is 0 Å². The Hall–Kier alpha value is -2.99. The van der Waals surface area contributed by atoms with Gasteiger partial charge in [0, 0.05) is 16.5 Å². The first kappa shape index (κ1) is 14.6. The molecular formula is C18H12FN2O2S. The Morgan fingerprint density at radius 1 is 1.08 bits per heavy atom. The molecule has 119 valence electrons. The summed E-state index contributed by atoms with van der Waals surface area (Å²) in [6, 6.07) is 15.2. The van der Waals surface area contributed by atoms with Crippen molar-refractivity contribution in [1.29, 1.82) is 0 Å². The summed E-state index contributed by atoms with van der Waals surface area (Å²) >= 11 is 1.42. The molecule has 1 aliphatic heterocycles. The second-order valence-corrected chi connectivity index (χ2v) is 6.10. The fraction of sp³-hybridized carbons (Fsp3) is 0. The normalized spacial score (nSPS) is 13.4. The number of rotatable bonds is 2. The topological polar surface area (TPSA) is 54.3 Å². The van der Waals surface area contributed by atoms with Gasteiger partial charge in [-0.15, -0.1) is 11.4 Å². The lowest BCUT2D eigenvalue weighted by Crippen LogP contribution is -2.26. The van der Waals surface area contributed by atoms with Gasteiger partial charge in [0.05, 0.1) is 11.3 Å². The molecule has 1 aromatic heterocycles. The van der Waals surface area contributed by atoms with Crippen LogP contribution in [0.2, 0.25) is 0 Å². The van der Waals surface area contributed by atoms with Gasteiger partial charge in [0.15, 0.2) is 5.11 Å². The molecule has 4 rings (SSSR count). The van der Waals surface area contributed by atoms with Gasteiger partial charge >= 0.3 is 5.63 Å². The van der Waals surface area contributed by atoms with E-state index in [9.17, 15) is 9.18 Å². The minimum Gasteiger partial charge on any atom is -0.422 e. The Labute approximate surface area is 140 Å². The molecule has 0 amide bonds. The van der Waals surface area contributed by atoms with Gasteiger partial charge in [-0.25, -0.2) is 9.18 Å². The molecule has 24 heavy (non-hydrogen) atoms. The molecule has 0 fully saturated rings. The zero-order valence-electron chi connectivity index (χ0n) is 12.4. The number of anilines is 1. The average molecular weight is 339 g/mol. The highest BCUT2D eigenvalue weighted by Crippen LogP contribution is 2.21. The van der Waals surface area contributed by atoms with Crippen molar-refractivity contribution in [3.8, 4) is 0 Å². The zero-order chi connectivity index (χ0) is 16.5. The highest BCUT2D eigenvalue weighted by Gasteiger charge is 2.15. The third kappa shape index (κ3) is 2.79. The van der Waals surface area contributed by atoms with E-state index in [0.717, 1.165) is 16.2 Å². The molecule has 4 nitrogen and oxygen atoms in total. The van der Waals surface area contributed by atoms with E-state index in [1.807, 2.05) is 23.6 Å². The Morgan fingerprint density at radius 2 is 1.88 bits per heavy atom. The molecule has 2 aromatic carbocycles. The molecule has 6 heteroatoms. The van der Waals surface area contributed by atoms with E-state index in [2.05, 4.69) is 10.6 Å². The van der Waals surface area contributed by atoms with Crippen molar-refractivity contribution in [3.05, 3.63) is 81.8 Å². The first-order chi connectivity index (χ1) is 11.7. The zero-order valence-corrected chi connectivity index (χ0v) is 13.2. The minimum atomic E-state index is -0.393. The fourth-order valence-electron chi connectivity index (χ4n) is 2.40. The molecule has 3 aromatic rings. The Bertz CT molecular complexity index is 1040. The lowest BCUT2D eigenvalue weighted by Gasteiger charge is -2.10. The number of para-hydroxylation sites is 1. The number of benzene rings is 2. The van der Waals surface area contributed by atoms with Crippen LogP contribution < -0.4 is 16.3 Å². The van der Waals surface area contributed by atoms with E-state index < -0.39 is 5.63 Å². The van der Waals surface area contributed by atoms with Crippen molar-refractivity contribution in [1.82, 2.24) is 5.32 Å². The van der Waals surface area contributed by atoms with Gasteiger partial charge in [-0.1, -0.05) is 18.2 Å². The Morgan fingerprint density at radius 3 is 2.71 bits per heavy atom. The van der Waals surface area contributed by atoms with Gasteiger partial charge in [0.2, 0.25) is 0 Å². The molecule has 1 aliphatic rings. The molecule has 0 saturated carbocycles. The second kappa shape index (κ2) is 5.90. The van der Waals surface area contributed by atoms with Gasteiger partial charge in [-0.05, 0) is 36.4 Å². The lowest BCUT2D eigenvalue weighted by atomic mass is 10.1. The fourth-order valence-corrected chi connectivity index (χ4v) is 3.17. The van der Waals surface area contributed by atoms with Gasteiger partial charge in [0.1, 0.15) is 11.4 Å². The first-order valence-corrected chi connectivity index (χ1v) is 8.14. The SMILES string of the molecule is O=c1oc2ccccc2cc1C1=C[S]=C(Nc2ccc(F)cc2)N1. The predicted octanol–water partition coefficient (Wildman–Crippen LogP) is 3.77. The van der Waals surface area contributed by atoms with Crippen molar-refractivity contribution in [3.63, 3.8) is 0 Å². The van der Waals surface area contributed by atoms with Crippen LogP contribution in [0.25, 0.3) is 16.7 Å². The highest BCUT2D eigenvalue weighted by atomic mass is 32.1. The number of nitrogens with one attached hydrogen (secondary N) is 2. The third-order valence-electron chi connectivity index (χ3n) is 3.58. The average Bonchev–Trinajstić information content (AvgIpc) is 3.04. The molecule has 0 atom stereocenters. The van der Waals surface area contributed by atoms with Crippen molar-refractivity contribution >= 4 is 38.8 Å². The van der Waals surface area contributed by atoms with Gasteiger partial charge in [-0.3, -0.25) is 0 Å². The first-order valence-electron chi connectivity index (χ1n) is 7.26. The smallest absolute Gasteiger partial charge is 0.345 e. The maximum absolute atomic E-state index is 12.9. The standard InChI is InChI=1S/C18H12FN2O2S/c19-12-5-7-13(8-6-12)20-18-21-15(10-24-18)14-9-11-3-1-2-4-16(11)23-17(14)22/h1-10,20-21H. The lowest BCUT2D eigenvalue weighted by molar-refractivity contribution is 0.558. The van der Waals surface area contributed by atoms with Crippen LogP contribution in [-0.2, 0) is 0 Å². The summed E-state index contributed by atoms with van der Waals surface area (Å²) in [6.07, 6.45) is 0. The van der Waals surface area contributed by atoms with Crippen molar-refractivity contribution in [2.24, 2.45) is 0 Å². The maximum Gasteiger partial charge on any atom is 0.345 e. The van der Waals surface area contributed by atoms with E-state index >= 15 is 0 Å². The molecule has 0 unspecified atom stereocenters. The number of fused-ring (bicyclic) bond motifs is 1. The second-order valence-electron chi connectivity index (χ2n) is 5.22. The van der Waals surface area contributed by atoms with Crippen LogP contribution in [0.4, 0.5) is 10.1 Å². The molecule has 0 spiro atoms. The van der Waals surface area contributed by atoms with Crippen LogP contribution in [0.5, 0.6) is 0 Å². The third-order valence-corrected chi connectivity index (χ3v) is 4.37. The van der Waals surface area contributed by atoms with E-state index in [0.29, 0.717) is 16.8 Å². The van der Waals surface area contributed by atoms with Gasteiger partial charge in [-0.2, -0.15) is 0 Å². The Kier molecular flexibility index (Phi) is 3.59. The number of hydrogen-bond donors (Lipinski definition) is 2. The van der Waals surface area contributed by atoms with E-state index in [4.69, 9.17) is 4.42 Å². The van der Waals surface area contributed by atoms with Crippen molar-refractivity contribution in [2.45, 2.75) is 0 Å². The van der Waals surface area contributed by atoms with Crippen LogP contribution >= 0.6 is 11.4 Å². The molecule has 2 N–H and O–H groups in total. The van der Waals surface area contributed by atoms with Crippen LogP contribution in [0.15, 0.2) is 69.2 Å². The molecule has 0 saturated heterocycles. The highest BCUT2D eigenvalue weighted by molar-refractivity contribution is 8.02. The Balaban J connectivity index is 1.56. The summed E-state index contributed by atoms with van der Waals surface area (Å²) in [5, 5.41) is 9.73. The van der Waals surface area contributed by atoms with Crippen LogP contribution in [0.1, 0.15) is 5.56 Å². The molecular weight excluding hydrogens is 327 g/mol. The molecule has 1 radical (unpaired) electrons. The summed E-state index contributed by atoms with van der Waals surface area (Å²) < 4.78 is 18.3. The molecule has 0 aliphatic carbocycles. The van der Waals surface area contributed by atoms with E-state index in [1.165, 1.54) is 23.5 Å². The van der Waals surface area contributed by atoms with Gasteiger partial charge < -0.3 is 15.1 Å². The van der Waals surface area contributed by atoms with Crippen LogP contribution in [0, 0.1) is 5.82 Å². The van der Waals surface area contributed by atoms with E-state index in [-0.39, 0.29) is 5.82 Å². The van der Waals surface area contributed by atoms with E-state index in [1.54, 1.807) is 24.3 Å². The minimum absolute atomic E-state index is 0.287. The number of halogens is 1. The quantitative estimate of drug-likeness (QED) is 0.551. The van der Waals surface area contributed by atoms with Crippen molar-refractivity contribution in [2.75, 3.05) is 5.32 Å². The largest absolute Gasteiger partial charge is 0.422 e.